The summed E-state index contributed by atoms with van der Waals surface area (Å²) in [6, 6.07) is 0. The van der Waals surface area contributed by atoms with Gasteiger partial charge in [0.15, 0.2) is 0 Å². The number of rotatable bonds is 2. The van der Waals surface area contributed by atoms with Crippen molar-refractivity contribution in [2.24, 2.45) is 5.41 Å². The van der Waals surface area contributed by atoms with Crippen LogP contribution in [0.2, 0.25) is 0 Å². The molecule has 2 unspecified atom stereocenters. The first-order chi connectivity index (χ1) is 7.08. The largest absolute Gasteiger partial charge is 0.396 e. The third-order valence-electron chi connectivity index (χ3n) is 3.34. The van der Waals surface area contributed by atoms with Crippen LogP contribution in [0.3, 0.4) is 0 Å². The van der Waals surface area contributed by atoms with Crippen LogP contribution in [0.4, 0.5) is 0 Å². The highest BCUT2D eigenvalue weighted by Crippen LogP contribution is 2.38. The van der Waals surface area contributed by atoms with Crippen LogP contribution in [-0.4, -0.2) is 44.8 Å². The fourth-order valence-corrected chi connectivity index (χ4v) is 1.37. The van der Waals surface area contributed by atoms with Gasteiger partial charge >= 0.3 is 0 Å². The summed E-state index contributed by atoms with van der Waals surface area (Å²) in [6.45, 7) is 7.08. The van der Waals surface area contributed by atoms with E-state index < -0.39 is 11.2 Å². The molecule has 0 aromatic rings. The molecule has 16 heavy (non-hydrogen) atoms. The highest BCUT2D eigenvalue weighted by Gasteiger charge is 2.45. The zero-order valence-corrected chi connectivity index (χ0v) is 10.8. The Labute approximate surface area is 97.9 Å². The van der Waals surface area contributed by atoms with Gasteiger partial charge < -0.3 is 20.4 Å². The van der Waals surface area contributed by atoms with Crippen molar-refractivity contribution >= 4 is 0 Å². The van der Waals surface area contributed by atoms with Gasteiger partial charge in [0.2, 0.25) is 0 Å². The van der Waals surface area contributed by atoms with Crippen molar-refractivity contribution in [3.8, 4) is 0 Å². The first-order valence-corrected chi connectivity index (χ1v) is 5.74. The van der Waals surface area contributed by atoms with Gasteiger partial charge in [-0.3, -0.25) is 0 Å². The Kier molecular flexibility index (Phi) is 5.39. The van der Waals surface area contributed by atoms with Gasteiger partial charge in [0.25, 0.3) is 0 Å². The Morgan fingerprint density at radius 1 is 0.938 bits per heavy atom. The Hall–Kier alpha value is -0.160. The predicted octanol–water partition coefficient (Wildman–Crippen LogP) is 0.670. The van der Waals surface area contributed by atoms with Crippen molar-refractivity contribution < 1.29 is 20.4 Å². The van der Waals surface area contributed by atoms with Crippen molar-refractivity contribution in [1.29, 1.82) is 0 Å². The Bertz CT molecular complexity index is 189. The molecule has 0 spiro atoms. The van der Waals surface area contributed by atoms with E-state index in [0.717, 1.165) is 19.3 Å². The summed E-state index contributed by atoms with van der Waals surface area (Å²) in [5.74, 6) is 0. The van der Waals surface area contributed by atoms with Crippen molar-refractivity contribution in [3.05, 3.63) is 0 Å². The highest BCUT2D eigenvalue weighted by atomic mass is 16.4. The number of hydrogen-bond donors (Lipinski definition) is 4. The van der Waals surface area contributed by atoms with Crippen LogP contribution in [0.1, 0.15) is 47.0 Å². The molecule has 4 N–H and O–H groups in total. The predicted molar refractivity (Wildman–Crippen MR) is 63.1 cm³/mol. The summed E-state index contributed by atoms with van der Waals surface area (Å²) in [6.07, 6.45) is 2.38. The Balaban J connectivity index is 0.000000293. The van der Waals surface area contributed by atoms with Gasteiger partial charge in [0.05, 0.1) is 24.4 Å². The second-order valence-corrected chi connectivity index (χ2v) is 5.88. The van der Waals surface area contributed by atoms with Crippen molar-refractivity contribution in [2.75, 3.05) is 13.2 Å². The van der Waals surface area contributed by atoms with E-state index in [1.165, 1.54) is 0 Å². The van der Waals surface area contributed by atoms with Gasteiger partial charge in [-0.05, 0) is 33.1 Å². The lowest BCUT2D eigenvalue weighted by Crippen LogP contribution is -2.44. The first-order valence-electron chi connectivity index (χ1n) is 5.74. The molecule has 0 amide bonds. The lowest BCUT2D eigenvalue weighted by atomic mass is 9.90. The molecule has 0 aliphatic heterocycles. The molecule has 0 aromatic heterocycles. The average molecular weight is 234 g/mol. The molecule has 0 saturated heterocycles. The third-order valence-corrected chi connectivity index (χ3v) is 3.34. The van der Waals surface area contributed by atoms with E-state index in [0.29, 0.717) is 0 Å². The SMILES string of the molecule is CC(C)(CO)CO.CC1(O)CCCC1(C)O. The maximum atomic E-state index is 9.47. The van der Waals surface area contributed by atoms with E-state index in [2.05, 4.69) is 0 Å². The molecule has 1 rings (SSSR count). The summed E-state index contributed by atoms with van der Waals surface area (Å²) in [4.78, 5) is 0. The molecule has 0 radical (unpaired) electrons. The quantitative estimate of drug-likeness (QED) is 0.566. The van der Waals surface area contributed by atoms with Gasteiger partial charge in [0, 0.05) is 5.41 Å². The van der Waals surface area contributed by atoms with E-state index in [-0.39, 0.29) is 18.6 Å². The lowest BCUT2D eigenvalue weighted by molar-refractivity contribution is -0.107. The number of hydrogen-bond acceptors (Lipinski definition) is 4. The van der Waals surface area contributed by atoms with E-state index in [4.69, 9.17) is 10.2 Å². The summed E-state index contributed by atoms with van der Waals surface area (Å²) >= 11 is 0. The van der Waals surface area contributed by atoms with E-state index >= 15 is 0 Å². The number of aliphatic hydroxyl groups is 4. The minimum Gasteiger partial charge on any atom is -0.396 e. The summed E-state index contributed by atoms with van der Waals surface area (Å²) in [7, 11) is 0. The molecule has 1 aliphatic rings. The minimum absolute atomic E-state index is 0.0451. The van der Waals surface area contributed by atoms with Crippen molar-refractivity contribution in [2.45, 2.75) is 58.2 Å². The third kappa shape index (κ3) is 4.37. The molecular weight excluding hydrogens is 208 g/mol. The van der Waals surface area contributed by atoms with Crippen LogP contribution in [-0.2, 0) is 0 Å². The second-order valence-electron chi connectivity index (χ2n) is 5.88. The monoisotopic (exact) mass is 234 g/mol. The Morgan fingerprint density at radius 2 is 1.25 bits per heavy atom. The van der Waals surface area contributed by atoms with E-state index in [1.807, 2.05) is 0 Å². The maximum Gasteiger partial charge on any atom is 0.0902 e. The standard InChI is InChI=1S/C7H14O2.C5H12O2/c1-6(8)4-3-5-7(6,2)9;1-5(2,3-6)4-7/h8-9H,3-5H2,1-2H3;6-7H,3-4H2,1-2H3. The number of aliphatic hydroxyl groups excluding tert-OH is 2. The van der Waals surface area contributed by atoms with E-state index in [9.17, 15) is 10.2 Å². The van der Waals surface area contributed by atoms with Crippen molar-refractivity contribution in [1.82, 2.24) is 0 Å². The fraction of sp³-hybridized carbons (Fsp3) is 1.00. The minimum atomic E-state index is -0.854. The fourth-order valence-electron chi connectivity index (χ4n) is 1.37. The second kappa shape index (κ2) is 5.45. The van der Waals surface area contributed by atoms with Crippen LogP contribution in [0, 0.1) is 5.41 Å². The normalized spacial score (nSPS) is 34.5. The first kappa shape index (κ1) is 15.8. The molecule has 4 nitrogen and oxygen atoms in total. The van der Waals surface area contributed by atoms with Gasteiger partial charge in [-0.25, -0.2) is 0 Å². The molecule has 0 heterocycles. The highest BCUT2D eigenvalue weighted by molar-refractivity contribution is 4.98. The summed E-state index contributed by atoms with van der Waals surface area (Å²) < 4.78 is 0. The van der Waals surface area contributed by atoms with Crippen LogP contribution in [0.5, 0.6) is 0 Å². The molecule has 4 heteroatoms. The molecule has 1 aliphatic carbocycles. The zero-order chi connectivity index (χ0) is 13.0. The smallest absolute Gasteiger partial charge is 0.0902 e. The maximum absolute atomic E-state index is 9.47. The lowest BCUT2D eigenvalue weighted by Gasteiger charge is -2.31. The van der Waals surface area contributed by atoms with Crippen LogP contribution in [0.25, 0.3) is 0 Å². The molecule has 98 valence electrons. The molecular formula is C12H26O4. The van der Waals surface area contributed by atoms with Crippen molar-refractivity contribution in [3.63, 3.8) is 0 Å². The van der Waals surface area contributed by atoms with Crippen LogP contribution >= 0.6 is 0 Å². The molecule has 2 atom stereocenters. The van der Waals surface area contributed by atoms with Gasteiger partial charge in [-0.15, -0.1) is 0 Å². The summed E-state index contributed by atoms with van der Waals surface area (Å²) in [5.41, 5.74) is -2.01. The Morgan fingerprint density at radius 3 is 1.31 bits per heavy atom. The van der Waals surface area contributed by atoms with Gasteiger partial charge in [-0.2, -0.15) is 0 Å². The zero-order valence-electron chi connectivity index (χ0n) is 10.8. The van der Waals surface area contributed by atoms with Crippen LogP contribution in [0.15, 0.2) is 0 Å². The summed E-state index contributed by atoms with van der Waals surface area (Å²) in [5, 5.41) is 35.8. The molecule has 1 fully saturated rings. The van der Waals surface area contributed by atoms with Gasteiger partial charge in [-0.1, -0.05) is 13.8 Å². The average Bonchev–Trinajstić information content (AvgIpc) is 2.41. The molecule has 0 aromatic carbocycles. The molecule has 0 bridgehead atoms. The van der Waals surface area contributed by atoms with Crippen LogP contribution < -0.4 is 0 Å². The molecule has 1 saturated carbocycles. The van der Waals surface area contributed by atoms with Gasteiger partial charge in [0.1, 0.15) is 0 Å². The van der Waals surface area contributed by atoms with E-state index in [1.54, 1.807) is 27.7 Å². The topological polar surface area (TPSA) is 80.9 Å².